The van der Waals surface area contributed by atoms with Crippen LogP contribution in [0, 0.1) is 13.8 Å². The molecule has 22 heavy (non-hydrogen) atoms. The summed E-state index contributed by atoms with van der Waals surface area (Å²) in [5, 5.41) is 0. The molecule has 2 aromatic rings. The van der Waals surface area contributed by atoms with Gasteiger partial charge >= 0.3 is 0 Å². The lowest BCUT2D eigenvalue weighted by Crippen LogP contribution is -2.26. The molecule has 0 amide bonds. The average molecular weight is 320 g/mol. The Morgan fingerprint density at radius 3 is 2.27 bits per heavy atom. The zero-order valence-electron chi connectivity index (χ0n) is 13.7. The summed E-state index contributed by atoms with van der Waals surface area (Å²) in [6, 6.07) is 9.16. The Labute approximate surface area is 133 Å². The third-order valence-corrected chi connectivity index (χ3v) is 5.69. The van der Waals surface area contributed by atoms with Crippen LogP contribution < -0.4 is 4.72 Å². The summed E-state index contributed by atoms with van der Waals surface area (Å²) in [4.78, 5) is 0.325. The number of benzene rings is 1. The van der Waals surface area contributed by atoms with E-state index in [9.17, 15) is 8.42 Å². The molecular weight excluding hydrogens is 296 g/mol. The molecule has 0 atom stereocenters. The summed E-state index contributed by atoms with van der Waals surface area (Å²) >= 11 is 0. The molecule has 0 saturated heterocycles. The van der Waals surface area contributed by atoms with Crippen molar-refractivity contribution in [3.05, 3.63) is 52.8 Å². The number of hydrogen-bond donors (Lipinski definition) is 1. The molecule has 120 valence electrons. The molecule has 0 saturated carbocycles. The van der Waals surface area contributed by atoms with Crippen molar-refractivity contribution in [2.45, 2.75) is 38.5 Å². The van der Waals surface area contributed by atoms with Crippen molar-refractivity contribution in [2.24, 2.45) is 7.05 Å². The van der Waals surface area contributed by atoms with Crippen LogP contribution in [0.3, 0.4) is 0 Å². The van der Waals surface area contributed by atoms with Gasteiger partial charge in [0.15, 0.2) is 0 Å². The fraction of sp³-hybridized carbons (Fsp3) is 0.412. The monoisotopic (exact) mass is 320 g/mol. The van der Waals surface area contributed by atoms with Crippen LogP contribution in [0.25, 0.3) is 0 Å². The van der Waals surface area contributed by atoms with Crippen LogP contribution >= 0.6 is 0 Å². The van der Waals surface area contributed by atoms with Crippen LogP contribution in [0.1, 0.15) is 29.4 Å². The predicted octanol–water partition coefficient (Wildman–Crippen LogP) is 2.73. The Kier molecular flexibility index (Phi) is 5.08. The summed E-state index contributed by atoms with van der Waals surface area (Å²) < 4.78 is 29.3. The first kappa shape index (κ1) is 16.8. The summed E-state index contributed by atoms with van der Waals surface area (Å²) in [6.07, 6.45) is 1.60. The molecule has 0 aliphatic heterocycles. The summed E-state index contributed by atoms with van der Waals surface area (Å²) in [5.74, 6) is 0. The van der Waals surface area contributed by atoms with Gasteiger partial charge in [-0.15, -0.1) is 0 Å². The third-order valence-electron chi connectivity index (χ3n) is 4.21. The van der Waals surface area contributed by atoms with Crippen LogP contribution in [0.2, 0.25) is 0 Å². The van der Waals surface area contributed by atoms with E-state index in [1.54, 1.807) is 12.1 Å². The second-order valence-electron chi connectivity index (χ2n) is 5.60. The van der Waals surface area contributed by atoms with E-state index in [4.69, 9.17) is 0 Å². The van der Waals surface area contributed by atoms with Gasteiger partial charge in [-0.2, -0.15) is 0 Å². The molecule has 0 radical (unpaired) electrons. The normalized spacial score (nSPS) is 11.8. The highest BCUT2D eigenvalue weighted by molar-refractivity contribution is 7.89. The molecule has 0 unspecified atom stereocenters. The van der Waals surface area contributed by atoms with E-state index < -0.39 is 10.0 Å². The van der Waals surface area contributed by atoms with Crippen molar-refractivity contribution in [1.29, 1.82) is 0 Å². The zero-order chi connectivity index (χ0) is 16.3. The number of nitrogens with zero attached hydrogens (tertiary/aromatic N) is 1. The molecule has 0 bridgehead atoms. The minimum absolute atomic E-state index is 0.325. The number of aryl methyl sites for hydroxylation is 2. The molecular formula is C17H24N2O2S. The van der Waals surface area contributed by atoms with Gasteiger partial charge in [0, 0.05) is 25.0 Å². The van der Waals surface area contributed by atoms with Crippen molar-refractivity contribution in [1.82, 2.24) is 9.29 Å². The second-order valence-corrected chi connectivity index (χ2v) is 7.37. The van der Waals surface area contributed by atoms with E-state index >= 15 is 0 Å². The maximum absolute atomic E-state index is 12.3. The Bertz CT molecular complexity index is 744. The molecule has 1 N–H and O–H groups in total. The number of aromatic nitrogens is 1. The number of nitrogens with one attached hydrogen (secondary N) is 1. The Balaban J connectivity index is 2.01. The van der Waals surface area contributed by atoms with Crippen molar-refractivity contribution < 1.29 is 8.42 Å². The lowest BCUT2D eigenvalue weighted by molar-refractivity contribution is 0.581. The quantitative estimate of drug-likeness (QED) is 0.890. The lowest BCUT2D eigenvalue weighted by atomic mass is 10.2. The molecule has 1 aromatic carbocycles. The van der Waals surface area contributed by atoms with E-state index in [2.05, 4.69) is 29.2 Å². The first-order valence-corrected chi connectivity index (χ1v) is 9.04. The van der Waals surface area contributed by atoms with Crippen LogP contribution in [-0.2, 0) is 29.9 Å². The van der Waals surface area contributed by atoms with Crippen molar-refractivity contribution >= 4 is 10.0 Å². The van der Waals surface area contributed by atoms with Gasteiger partial charge in [0.1, 0.15) is 0 Å². The first-order chi connectivity index (χ1) is 10.3. The largest absolute Gasteiger partial charge is 0.352 e. The Morgan fingerprint density at radius 2 is 1.77 bits per heavy atom. The fourth-order valence-corrected chi connectivity index (χ4v) is 3.53. The van der Waals surface area contributed by atoms with Gasteiger partial charge in [-0.05, 0) is 56.0 Å². The molecule has 1 heterocycles. The van der Waals surface area contributed by atoms with Gasteiger partial charge in [0.2, 0.25) is 10.0 Å². The van der Waals surface area contributed by atoms with E-state index in [1.165, 1.54) is 17.0 Å². The molecule has 0 spiro atoms. The second kappa shape index (κ2) is 6.67. The van der Waals surface area contributed by atoms with Gasteiger partial charge in [-0.3, -0.25) is 0 Å². The van der Waals surface area contributed by atoms with Gasteiger partial charge in [-0.1, -0.05) is 19.1 Å². The Morgan fingerprint density at radius 1 is 1.14 bits per heavy atom. The van der Waals surface area contributed by atoms with E-state index in [-0.39, 0.29) is 0 Å². The third kappa shape index (κ3) is 3.59. The molecule has 5 heteroatoms. The van der Waals surface area contributed by atoms with Gasteiger partial charge < -0.3 is 4.57 Å². The minimum atomic E-state index is -3.43. The maximum Gasteiger partial charge on any atom is 0.240 e. The van der Waals surface area contributed by atoms with E-state index in [0.717, 1.165) is 12.0 Å². The lowest BCUT2D eigenvalue weighted by Gasteiger charge is -2.08. The highest BCUT2D eigenvalue weighted by Gasteiger charge is 2.14. The van der Waals surface area contributed by atoms with Crippen LogP contribution in [0.5, 0.6) is 0 Å². The van der Waals surface area contributed by atoms with Gasteiger partial charge in [0.25, 0.3) is 0 Å². The van der Waals surface area contributed by atoms with E-state index in [0.29, 0.717) is 17.9 Å². The van der Waals surface area contributed by atoms with Crippen LogP contribution in [0.15, 0.2) is 35.2 Å². The minimum Gasteiger partial charge on any atom is -0.352 e. The highest BCUT2D eigenvalue weighted by atomic mass is 32.2. The number of hydrogen-bond acceptors (Lipinski definition) is 2. The zero-order valence-corrected chi connectivity index (χ0v) is 14.5. The molecule has 4 nitrogen and oxygen atoms in total. The molecule has 0 aliphatic carbocycles. The molecule has 0 aliphatic rings. The van der Waals surface area contributed by atoms with Gasteiger partial charge in [-0.25, -0.2) is 13.1 Å². The highest BCUT2D eigenvalue weighted by Crippen LogP contribution is 2.14. The predicted molar refractivity (Wildman–Crippen MR) is 89.6 cm³/mol. The summed E-state index contributed by atoms with van der Waals surface area (Å²) in [7, 11) is -1.41. The fourth-order valence-electron chi connectivity index (χ4n) is 2.49. The number of sulfonamides is 1. The molecule has 2 rings (SSSR count). The molecule has 0 fully saturated rings. The summed E-state index contributed by atoms with van der Waals surface area (Å²) in [5.41, 5.74) is 4.69. The number of rotatable bonds is 6. The maximum atomic E-state index is 12.3. The van der Waals surface area contributed by atoms with Gasteiger partial charge in [0.05, 0.1) is 4.90 Å². The van der Waals surface area contributed by atoms with Crippen molar-refractivity contribution in [2.75, 3.05) is 6.54 Å². The standard InChI is InChI=1S/C17H24N2O2S/c1-5-15-6-8-17(9-7-15)22(20,21)18-11-10-16-12-13(2)19(4)14(16)3/h6-9,12,18H,5,10-11H2,1-4H3. The SMILES string of the molecule is CCc1ccc(S(=O)(=O)NCCc2cc(C)n(C)c2C)cc1. The van der Waals surface area contributed by atoms with E-state index in [1.807, 2.05) is 26.1 Å². The Hall–Kier alpha value is -1.59. The topological polar surface area (TPSA) is 51.1 Å². The average Bonchev–Trinajstić information content (AvgIpc) is 2.74. The first-order valence-electron chi connectivity index (χ1n) is 7.55. The molecule has 1 aromatic heterocycles. The smallest absolute Gasteiger partial charge is 0.240 e. The van der Waals surface area contributed by atoms with Crippen LogP contribution in [-0.4, -0.2) is 19.5 Å². The summed E-state index contributed by atoms with van der Waals surface area (Å²) in [6.45, 7) is 6.56. The van der Waals surface area contributed by atoms with Crippen molar-refractivity contribution in [3.8, 4) is 0 Å². The van der Waals surface area contributed by atoms with Crippen molar-refractivity contribution in [3.63, 3.8) is 0 Å². The van der Waals surface area contributed by atoms with Crippen LogP contribution in [0.4, 0.5) is 0 Å².